The van der Waals surface area contributed by atoms with Crippen LogP contribution in [-0.2, 0) is 0 Å². The molecule has 0 aromatic carbocycles. The summed E-state index contributed by atoms with van der Waals surface area (Å²) >= 11 is 0. The normalized spacial score (nSPS) is 20.7. The van der Waals surface area contributed by atoms with E-state index in [0.29, 0.717) is 0 Å². The molecule has 0 fully saturated rings. The first-order valence-electron chi connectivity index (χ1n) is 8.64. The number of H-pyrrole nitrogens is 2. The molecule has 0 spiro atoms. The quantitative estimate of drug-likeness (QED) is 0.862. The van der Waals surface area contributed by atoms with Crippen LogP contribution >= 0.6 is 0 Å². The zero-order chi connectivity index (χ0) is 17.9. The SMILES string of the molecule is C/C=C1/C=CC(C(/C)=c2/cc/c(=C/c3ccc(/C=C4/C=CC=N4)[nH]3)[nH]2)=N1. The lowest BCUT2D eigenvalue weighted by molar-refractivity contribution is 1.25. The number of nitrogens with one attached hydrogen (secondary N) is 2. The highest BCUT2D eigenvalue weighted by Crippen LogP contribution is 2.13. The molecule has 0 aliphatic carbocycles. The molecule has 4 rings (SSSR count). The molecule has 0 unspecified atom stereocenters. The summed E-state index contributed by atoms with van der Waals surface area (Å²) in [4.78, 5) is 15.7. The zero-order valence-electron chi connectivity index (χ0n) is 14.8. The largest absolute Gasteiger partial charge is 0.355 e. The molecule has 2 aliphatic heterocycles. The van der Waals surface area contributed by atoms with E-state index < -0.39 is 0 Å². The van der Waals surface area contributed by atoms with Gasteiger partial charge >= 0.3 is 0 Å². The minimum absolute atomic E-state index is 0.955. The molecule has 0 amide bonds. The Morgan fingerprint density at radius 2 is 1.77 bits per heavy atom. The first-order valence-corrected chi connectivity index (χ1v) is 8.64. The Morgan fingerprint density at radius 1 is 0.923 bits per heavy atom. The van der Waals surface area contributed by atoms with Gasteiger partial charge in [-0.25, -0.2) is 4.99 Å². The van der Waals surface area contributed by atoms with E-state index in [9.17, 15) is 0 Å². The third-order valence-electron chi connectivity index (χ3n) is 4.38. The number of hydrogen-bond donors (Lipinski definition) is 2. The first-order chi connectivity index (χ1) is 12.7. The van der Waals surface area contributed by atoms with E-state index in [0.717, 1.165) is 44.8 Å². The van der Waals surface area contributed by atoms with Crippen LogP contribution in [0, 0.1) is 0 Å². The lowest BCUT2D eigenvalue weighted by atomic mass is 10.2. The van der Waals surface area contributed by atoms with Gasteiger partial charge in [-0.2, -0.15) is 0 Å². The van der Waals surface area contributed by atoms with Gasteiger partial charge in [0, 0.05) is 28.3 Å². The Morgan fingerprint density at radius 3 is 2.50 bits per heavy atom. The number of aromatic amines is 2. The van der Waals surface area contributed by atoms with E-state index in [-0.39, 0.29) is 0 Å². The van der Waals surface area contributed by atoms with E-state index in [1.54, 1.807) is 6.21 Å². The molecule has 4 heterocycles. The molecular weight excluding hydrogens is 320 g/mol. The van der Waals surface area contributed by atoms with Crippen LogP contribution in [0.2, 0.25) is 0 Å². The highest BCUT2D eigenvalue weighted by atomic mass is 14.8. The Hall–Kier alpha value is -3.40. The van der Waals surface area contributed by atoms with Crippen molar-refractivity contribution in [1.29, 1.82) is 0 Å². The monoisotopic (exact) mass is 340 g/mol. The number of allylic oxidation sites excluding steroid dienone is 5. The lowest BCUT2D eigenvalue weighted by Crippen LogP contribution is -2.15. The maximum atomic E-state index is 4.60. The molecule has 2 aliphatic rings. The van der Waals surface area contributed by atoms with Crippen LogP contribution in [0.1, 0.15) is 25.2 Å². The van der Waals surface area contributed by atoms with Gasteiger partial charge in [-0.1, -0.05) is 6.08 Å². The number of aliphatic imine (C=N–C) groups is 2. The molecule has 128 valence electrons. The fraction of sp³-hybridized carbons (Fsp3) is 0.0909. The Bertz CT molecular complexity index is 1130. The maximum Gasteiger partial charge on any atom is 0.0687 e. The Labute approximate surface area is 152 Å². The van der Waals surface area contributed by atoms with Crippen molar-refractivity contribution in [2.75, 3.05) is 0 Å². The van der Waals surface area contributed by atoms with Crippen molar-refractivity contribution >= 4 is 29.7 Å². The van der Waals surface area contributed by atoms with Crippen molar-refractivity contribution < 1.29 is 0 Å². The number of hydrogen-bond acceptors (Lipinski definition) is 2. The molecule has 0 saturated carbocycles. The molecule has 0 saturated heterocycles. The fourth-order valence-corrected chi connectivity index (χ4v) is 2.92. The average Bonchev–Trinajstić information content (AvgIpc) is 3.43. The Balaban J connectivity index is 1.62. The molecule has 0 bridgehead atoms. The van der Waals surface area contributed by atoms with Gasteiger partial charge in [0.25, 0.3) is 0 Å². The molecule has 0 radical (unpaired) electrons. The smallest absolute Gasteiger partial charge is 0.0687 e. The topological polar surface area (TPSA) is 56.3 Å². The van der Waals surface area contributed by atoms with Crippen LogP contribution < -0.4 is 10.7 Å². The summed E-state index contributed by atoms with van der Waals surface area (Å²) < 4.78 is 0. The van der Waals surface area contributed by atoms with E-state index in [1.807, 2.05) is 37.3 Å². The second-order valence-corrected chi connectivity index (χ2v) is 6.22. The lowest BCUT2D eigenvalue weighted by Gasteiger charge is -1.95. The van der Waals surface area contributed by atoms with Crippen LogP contribution in [0.15, 0.2) is 76.0 Å². The molecule has 26 heavy (non-hydrogen) atoms. The summed E-state index contributed by atoms with van der Waals surface area (Å²) in [7, 11) is 0. The molecule has 4 nitrogen and oxygen atoms in total. The van der Waals surface area contributed by atoms with Gasteiger partial charge in [-0.15, -0.1) is 0 Å². The van der Waals surface area contributed by atoms with E-state index in [1.165, 1.54) is 0 Å². The van der Waals surface area contributed by atoms with Crippen molar-refractivity contribution in [3.63, 3.8) is 0 Å². The zero-order valence-corrected chi connectivity index (χ0v) is 14.8. The summed E-state index contributed by atoms with van der Waals surface area (Å²) in [6.45, 7) is 4.09. The first kappa shape index (κ1) is 16.1. The standard InChI is InChI=1S/C22H20N4/c1-3-16-8-10-21(25-16)15(2)22-11-9-20(26-22)14-19-7-6-18(24-19)13-17-5-4-12-23-17/h3-14,24,26H,1-2H3/b16-3-,17-13-,20-14-,22-15-. The highest BCUT2D eigenvalue weighted by Gasteiger charge is 2.06. The van der Waals surface area contributed by atoms with Crippen molar-refractivity contribution in [2.45, 2.75) is 13.8 Å². The number of nitrogens with zero attached hydrogens (tertiary/aromatic N) is 2. The summed E-state index contributed by atoms with van der Waals surface area (Å²) in [6, 6.07) is 8.29. The third-order valence-corrected chi connectivity index (χ3v) is 4.38. The van der Waals surface area contributed by atoms with E-state index >= 15 is 0 Å². The van der Waals surface area contributed by atoms with Crippen LogP contribution in [0.3, 0.4) is 0 Å². The summed E-state index contributed by atoms with van der Waals surface area (Å²) in [6.07, 6.45) is 15.9. The fourth-order valence-electron chi connectivity index (χ4n) is 2.92. The van der Waals surface area contributed by atoms with Crippen molar-refractivity contribution in [1.82, 2.24) is 9.97 Å². The molecule has 2 aromatic rings. The third kappa shape index (κ3) is 3.35. The number of aromatic nitrogens is 2. The van der Waals surface area contributed by atoms with Crippen molar-refractivity contribution in [3.8, 4) is 0 Å². The molecule has 4 heteroatoms. The number of rotatable bonds is 3. The minimum Gasteiger partial charge on any atom is -0.355 e. The van der Waals surface area contributed by atoms with E-state index in [4.69, 9.17) is 0 Å². The minimum atomic E-state index is 0.955. The van der Waals surface area contributed by atoms with Crippen LogP contribution in [-0.4, -0.2) is 21.9 Å². The average molecular weight is 340 g/mol. The highest BCUT2D eigenvalue weighted by molar-refractivity contribution is 6.25. The second-order valence-electron chi connectivity index (χ2n) is 6.22. The molecule has 2 N–H and O–H groups in total. The van der Waals surface area contributed by atoms with Crippen LogP contribution in [0.5, 0.6) is 0 Å². The summed E-state index contributed by atoms with van der Waals surface area (Å²) in [5, 5.41) is 2.13. The second kappa shape index (κ2) is 6.84. The van der Waals surface area contributed by atoms with Gasteiger partial charge in [0.15, 0.2) is 0 Å². The molecular formula is C22H20N4. The molecule has 0 atom stereocenters. The molecule has 2 aromatic heterocycles. The van der Waals surface area contributed by atoms with Crippen LogP contribution in [0.25, 0.3) is 17.7 Å². The predicted octanol–water partition coefficient (Wildman–Crippen LogP) is 3.24. The Kier molecular flexibility index (Phi) is 4.23. The maximum absolute atomic E-state index is 4.60. The van der Waals surface area contributed by atoms with Crippen molar-refractivity contribution in [3.05, 3.63) is 88.1 Å². The van der Waals surface area contributed by atoms with Gasteiger partial charge in [-0.3, -0.25) is 4.99 Å². The van der Waals surface area contributed by atoms with Crippen molar-refractivity contribution in [2.24, 2.45) is 9.98 Å². The summed E-state index contributed by atoms with van der Waals surface area (Å²) in [5.41, 5.74) is 6.19. The van der Waals surface area contributed by atoms with Gasteiger partial charge in [0.1, 0.15) is 0 Å². The summed E-state index contributed by atoms with van der Waals surface area (Å²) in [5.74, 6) is 0. The van der Waals surface area contributed by atoms with Gasteiger partial charge in [0.2, 0.25) is 0 Å². The van der Waals surface area contributed by atoms with E-state index in [2.05, 4.69) is 63.3 Å². The van der Waals surface area contributed by atoms with Gasteiger partial charge < -0.3 is 9.97 Å². The van der Waals surface area contributed by atoms with Gasteiger partial charge in [0.05, 0.1) is 17.1 Å². The van der Waals surface area contributed by atoms with Gasteiger partial charge in [-0.05, 0) is 80.1 Å². The predicted molar refractivity (Wildman–Crippen MR) is 109 cm³/mol. The van der Waals surface area contributed by atoms with Crippen LogP contribution in [0.4, 0.5) is 0 Å².